The van der Waals surface area contributed by atoms with Crippen LogP contribution in [0.2, 0.25) is 0 Å². The lowest BCUT2D eigenvalue weighted by Gasteiger charge is -2.12. The summed E-state index contributed by atoms with van der Waals surface area (Å²) in [6, 6.07) is 4.01. The molecule has 1 aromatic carbocycles. The van der Waals surface area contributed by atoms with E-state index in [1.54, 1.807) is 0 Å². The van der Waals surface area contributed by atoms with Gasteiger partial charge in [0.25, 0.3) is 0 Å². The van der Waals surface area contributed by atoms with E-state index < -0.39 is 17.6 Å². The molecule has 0 radical (unpaired) electrons. The molecule has 0 aliphatic heterocycles. The average Bonchev–Trinajstić information content (AvgIpc) is 2.37. The van der Waals surface area contributed by atoms with Crippen LogP contribution >= 0.6 is 0 Å². The van der Waals surface area contributed by atoms with Crippen LogP contribution in [-0.4, -0.2) is 4.98 Å². The maximum absolute atomic E-state index is 13.4. The molecule has 0 saturated heterocycles. The van der Waals surface area contributed by atoms with E-state index in [0.717, 1.165) is 12.1 Å². The molecule has 0 unspecified atom stereocenters. The molecule has 0 atom stereocenters. The number of halogens is 4. The fraction of sp³-hybridized carbons (Fsp3) is 0.143. The minimum absolute atomic E-state index is 0.0103. The van der Waals surface area contributed by atoms with Gasteiger partial charge in [0.05, 0.1) is 11.1 Å². The minimum atomic E-state index is -4.66. The van der Waals surface area contributed by atoms with Gasteiger partial charge in [0.1, 0.15) is 17.7 Å². The molecule has 108 valence electrons. The van der Waals surface area contributed by atoms with Crippen molar-refractivity contribution in [1.29, 1.82) is 5.26 Å². The zero-order chi connectivity index (χ0) is 15.8. The second-order valence-electron chi connectivity index (χ2n) is 4.40. The van der Waals surface area contributed by atoms with Crippen molar-refractivity contribution in [2.24, 2.45) is 0 Å². The molecule has 0 fully saturated rings. The number of rotatable bonds is 1. The smallest absolute Gasteiger partial charge is 0.383 e. The van der Waals surface area contributed by atoms with Gasteiger partial charge in [-0.25, -0.2) is 9.37 Å². The van der Waals surface area contributed by atoms with E-state index in [1.165, 1.54) is 13.1 Å². The van der Waals surface area contributed by atoms with E-state index in [1.807, 2.05) is 6.07 Å². The Morgan fingerprint density at radius 3 is 2.48 bits per heavy atom. The number of nitrogen functional groups attached to an aromatic ring is 1. The third-order valence-corrected chi connectivity index (χ3v) is 3.02. The highest BCUT2D eigenvalue weighted by Gasteiger charge is 2.31. The maximum Gasteiger partial charge on any atom is 0.416 e. The molecule has 0 aliphatic carbocycles. The van der Waals surface area contributed by atoms with Crippen LogP contribution in [0.1, 0.15) is 16.7 Å². The fourth-order valence-corrected chi connectivity index (χ4v) is 1.96. The number of nitrogens with two attached hydrogens (primary N) is 1. The summed E-state index contributed by atoms with van der Waals surface area (Å²) in [7, 11) is 0. The standard InChI is InChI=1S/C14H9F4N3/c1-7-11(5-19)13(20)21-6-12(7)8-2-9(14(16,17)18)4-10(15)3-8/h2-4,6H,1H3,(H2,20,21). The summed E-state index contributed by atoms with van der Waals surface area (Å²) in [5.41, 5.74) is 5.04. The summed E-state index contributed by atoms with van der Waals surface area (Å²) in [6.45, 7) is 1.52. The van der Waals surface area contributed by atoms with Crippen molar-refractivity contribution < 1.29 is 17.6 Å². The van der Waals surface area contributed by atoms with E-state index in [4.69, 9.17) is 11.0 Å². The number of anilines is 1. The summed E-state index contributed by atoms with van der Waals surface area (Å²) in [5, 5.41) is 8.98. The lowest BCUT2D eigenvalue weighted by molar-refractivity contribution is -0.137. The molecule has 2 rings (SSSR count). The summed E-state index contributed by atoms with van der Waals surface area (Å²) in [5.74, 6) is -1.04. The quantitative estimate of drug-likeness (QED) is 0.816. The monoisotopic (exact) mass is 295 g/mol. The van der Waals surface area contributed by atoms with Crippen molar-refractivity contribution in [3.63, 3.8) is 0 Å². The number of aromatic nitrogens is 1. The van der Waals surface area contributed by atoms with Gasteiger partial charge in [0, 0.05) is 11.8 Å². The predicted molar refractivity (Wildman–Crippen MR) is 68.5 cm³/mol. The van der Waals surface area contributed by atoms with Gasteiger partial charge in [-0.1, -0.05) is 0 Å². The molecule has 0 aliphatic rings. The van der Waals surface area contributed by atoms with Crippen LogP contribution in [0, 0.1) is 24.1 Å². The Hall–Kier alpha value is -2.62. The van der Waals surface area contributed by atoms with Crippen LogP contribution in [0.4, 0.5) is 23.4 Å². The largest absolute Gasteiger partial charge is 0.416 e. The third-order valence-electron chi connectivity index (χ3n) is 3.02. The second-order valence-corrected chi connectivity index (χ2v) is 4.40. The van der Waals surface area contributed by atoms with Crippen molar-refractivity contribution in [2.45, 2.75) is 13.1 Å². The van der Waals surface area contributed by atoms with Crippen molar-refractivity contribution in [3.05, 3.63) is 46.9 Å². The van der Waals surface area contributed by atoms with Gasteiger partial charge in [-0.2, -0.15) is 18.4 Å². The maximum atomic E-state index is 13.4. The van der Waals surface area contributed by atoms with Crippen LogP contribution in [0.15, 0.2) is 24.4 Å². The van der Waals surface area contributed by atoms with Gasteiger partial charge in [0.2, 0.25) is 0 Å². The third kappa shape index (κ3) is 2.79. The summed E-state index contributed by atoms with van der Waals surface area (Å²) in [6.07, 6.45) is -3.44. The lowest BCUT2D eigenvalue weighted by Crippen LogP contribution is -2.06. The molecule has 0 amide bonds. The normalized spacial score (nSPS) is 11.2. The Balaban J connectivity index is 2.69. The molecule has 2 N–H and O–H groups in total. The Bertz CT molecular complexity index is 745. The first-order valence-corrected chi connectivity index (χ1v) is 5.77. The summed E-state index contributed by atoms with van der Waals surface area (Å²) >= 11 is 0. The Morgan fingerprint density at radius 1 is 1.24 bits per heavy atom. The molecular formula is C14H9F4N3. The molecule has 0 spiro atoms. The molecule has 3 nitrogen and oxygen atoms in total. The number of nitrogens with zero attached hydrogens (tertiary/aromatic N) is 2. The van der Waals surface area contributed by atoms with Crippen molar-refractivity contribution in [3.8, 4) is 17.2 Å². The van der Waals surface area contributed by atoms with Gasteiger partial charge in [-0.3, -0.25) is 0 Å². The van der Waals surface area contributed by atoms with Crippen LogP contribution in [0.3, 0.4) is 0 Å². The molecule has 0 saturated carbocycles. The molecule has 1 heterocycles. The second kappa shape index (κ2) is 5.05. The Kier molecular flexibility index (Phi) is 3.56. The highest BCUT2D eigenvalue weighted by Crippen LogP contribution is 2.34. The molecule has 7 heteroatoms. The SMILES string of the molecule is Cc1c(-c2cc(F)cc(C(F)(F)F)c2)cnc(N)c1C#N. The van der Waals surface area contributed by atoms with Crippen LogP contribution in [-0.2, 0) is 6.18 Å². The zero-order valence-electron chi connectivity index (χ0n) is 10.8. The zero-order valence-corrected chi connectivity index (χ0v) is 10.8. The predicted octanol–water partition coefficient (Wildman–Crippen LogP) is 3.67. The average molecular weight is 295 g/mol. The van der Waals surface area contributed by atoms with Crippen molar-refractivity contribution >= 4 is 5.82 Å². The van der Waals surface area contributed by atoms with Gasteiger partial charge < -0.3 is 5.73 Å². The number of hydrogen-bond acceptors (Lipinski definition) is 3. The number of pyridine rings is 1. The molecule has 2 aromatic rings. The van der Waals surface area contributed by atoms with Crippen molar-refractivity contribution in [1.82, 2.24) is 4.98 Å². The van der Waals surface area contributed by atoms with Gasteiger partial charge in [0.15, 0.2) is 0 Å². The van der Waals surface area contributed by atoms with Crippen molar-refractivity contribution in [2.75, 3.05) is 5.73 Å². The first-order chi connectivity index (χ1) is 9.74. The first kappa shape index (κ1) is 14.8. The topological polar surface area (TPSA) is 62.7 Å². The molecule has 0 bridgehead atoms. The summed E-state index contributed by atoms with van der Waals surface area (Å²) in [4.78, 5) is 3.76. The fourth-order valence-electron chi connectivity index (χ4n) is 1.96. The number of benzene rings is 1. The van der Waals surface area contributed by atoms with Gasteiger partial charge in [-0.05, 0) is 36.2 Å². The number of nitriles is 1. The van der Waals surface area contributed by atoms with Gasteiger partial charge in [-0.15, -0.1) is 0 Å². The van der Waals surface area contributed by atoms with E-state index >= 15 is 0 Å². The first-order valence-electron chi connectivity index (χ1n) is 5.77. The van der Waals surface area contributed by atoms with E-state index in [0.29, 0.717) is 11.6 Å². The summed E-state index contributed by atoms with van der Waals surface area (Å²) < 4.78 is 51.6. The highest BCUT2D eigenvalue weighted by atomic mass is 19.4. The molecule has 21 heavy (non-hydrogen) atoms. The van der Waals surface area contributed by atoms with Crippen LogP contribution < -0.4 is 5.73 Å². The highest BCUT2D eigenvalue weighted by molar-refractivity contribution is 5.72. The van der Waals surface area contributed by atoms with E-state index in [9.17, 15) is 17.6 Å². The Morgan fingerprint density at radius 2 is 1.90 bits per heavy atom. The Labute approximate surface area is 117 Å². The minimum Gasteiger partial charge on any atom is -0.383 e. The molecule has 1 aromatic heterocycles. The lowest BCUT2D eigenvalue weighted by atomic mass is 9.97. The van der Waals surface area contributed by atoms with Gasteiger partial charge >= 0.3 is 6.18 Å². The number of alkyl halides is 3. The van der Waals surface area contributed by atoms with E-state index in [-0.39, 0.29) is 22.5 Å². The van der Waals surface area contributed by atoms with Crippen LogP contribution in [0.5, 0.6) is 0 Å². The molecular weight excluding hydrogens is 286 g/mol. The van der Waals surface area contributed by atoms with Crippen LogP contribution in [0.25, 0.3) is 11.1 Å². The number of hydrogen-bond donors (Lipinski definition) is 1. The van der Waals surface area contributed by atoms with E-state index in [2.05, 4.69) is 4.98 Å².